The van der Waals surface area contributed by atoms with Crippen LogP contribution in [0.1, 0.15) is 47.9 Å². The Kier molecular flexibility index (Phi) is 9.73. The molecule has 2 aliphatic heterocycles. The number of fused-ring (bicyclic) bond motifs is 14. The summed E-state index contributed by atoms with van der Waals surface area (Å²) in [4.78, 5) is 0. The lowest BCUT2D eigenvalue weighted by molar-refractivity contribution is 0.796. The van der Waals surface area contributed by atoms with E-state index in [1.165, 1.54) is 88.1 Å². The standard InChI is InChI=1S/C50H48N4/c1-5-17-43-39(13-1)35-21-25-47(43)51-29-9-10-30-53-49-27-23-37(41-15-3-7-19-45(41)49)34-38-24-28-50(46-20-8-4-16-42(38)46)54-32-12-11-31-52-48-26-22-36(33-35)40-14-2-6-18-44(40)48/h1-8,13-28,51-54H,9-12,29-34H2. The second-order valence-electron chi connectivity index (χ2n) is 14.7. The first-order chi connectivity index (χ1) is 26.8. The van der Waals surface area contributed by atoms with E-state index in [1.807, 2.05) is 0 Å². The minimum atomic E-state index is 0.893. The van der Waals surface area contributed by atoms with Gasteiger partial charge in [-0.1, -0.05) is 121 Å². The van der Waals surface area contributed by atoms with E-state index in [0.717, 1.165) is 64.7 Å². The van der Waals surface area contributed by atoms with Crippen LogP contribution in [0.15, 0.2) is 146 Å². The van der Waals surface area contributed by atoms with Gasteiger partial charge in [0.1, 0.15) is 0 Å². The van der Waals surface area contributed by atoms with Crippen LogP contribution in [0.4, 0.5) is 22.7 Å². The van der Waals surface area contributed by atoms with Gasteiger partial charge < -0.3 is 21.3 Å². The van der Waals surface area contributed by atoms with E-state index in [9.17, 15) is 0 Å². The van der Waals surface area contributed by atoms with Crippen LogP contribution in [0.2, 0.25) is 0 Å². The summed E-state index contributed by atoms with van der Waals surface area (Å²) in [5, 5.41) is 25.6. The zero-order chi connectivity index (χ0) is 36.1. The van der Waals surface area contributed by atoms with Crippen molar-refractivity contribution in [2.75, 3.05) is 47.4 Å². The van der Waals surface area contributed by atoms with Gasteiger partial charge in [0.05, 0.1) is 0 Å². The van der Waals surface area contributed by atoms with E-state index in [2.05, 4.69) is 167 Å². The molecule has 0 unspecified atom stereocenters. The zero-order valence-corrected chi connectivity index (χ0v) is 30.9. The maximum absolute atomic E-state index is 3.78. The highest BCUT2D eigenvalue weighted by Gasteiger charge is 2.13. The molecule has 0 amide bonds. The number of anilines is 4. The third-order valence-corrected chi connectivity index (χ3v) is 11.3. The minimum absolute atomic E-state index is 0.893. The number of benzene rings is 8. The fourth-order valence-corrected chi connectivity index (χ4v) is 8.48. The van der Waals surface area contributed by atoms with Gasteiger partial charge >= 0.3 is 0 Å². The van der Waals surface area contributed by atoms with Crippen molar-refractivity contribution in [2.45, 2.75) is 38.5 Å². The van der Waals surface area contributed by atoms with Crippen LogP contribution in [-0.2, 0) is 12.8 Å². The summed E-state index contributed by atoms with van der Waals surface area (Å²) in [6.45, 7) is 3.75. The van der Waals surface area contributed by atoms with E-state index < -0.39 is 0 Å². The van der Waals surface area contributed by atoms with Crippen molar-refractivity contribution in [3.8, 4) is 0 Å². The second-order valence-corrected chi connectivity index (χ2v) is 14.7. The van der Waals surface area contributed by atoms with Gasteiger partial charge in [-0.3, -0.25) is 0 Å². The molecule has 2 heterocycles. The summed E-state index contributed by atoms with van der Waals surface area (Å²) < 4.78 is 0. The zero-order valence-electron chi connectivity index (χ0n) is 30.9. The predicted octanol–water partition coefficient (Wildman–Crippen LogP) is 12.4. The molecule has 4 nitrogen and oxygen atoms in total. The Hall–Kier alpha value is -6.00. The number of hydrogen-bond donors (Lipinski definition) is 4. The summed E-state index contributed by atoms with van der Waals surface area (Å²) in [5.41, 5.74) is 10.3. The van der Waals surface area contributed by atoms with Crippen LogP contribution >= 0.6 is 0 Å². The highest BCUT2D eigenvalue weighted by molar-refractivity contribution is 6.00. The molecule has 4 N–H and O–H groups in total. The maximum atomic E-state index is 3.78. The summed E-state index contributed by atoms with van der Waals surface area (Å²) >= 11 is 0. The van der Waals surface area contributed by atoms with Crippen molar-refractivity contribution in [1.29, 1.82) is 0 Å². The highest BCUT2D eigenvalue weighted by atomic mass is 14.9. The number of hydrogen-bond acceptors (Lipinski definition) is 4. The van der Waals surface area contributed by atoms with Gasteiger partial charge in [-0.05, 0) is 107 Å². The first-order valence-electron chi connectivity index (χ1n) is 19.8. The molecule has 10 rings (SSSR count). The average molecular weight is 705 g/mol. The summed E-state index contributed by atoms with van der Waals surface area (Å²) in [5.74, 6) is 0. The van der Waals surface area contributed by atoms with Crippen LogP contribution in [0, 0.1) is 0 Å². The van der Waals surface area contributed by atoms with Gasteiger partial charge in [0.15, 0.2) is 0 Å². The molecular formula is C50H48N4. The molecule has 2 aliphatic rings. The molecule has 8 bridgehead atoms. The van der Waals surface area contributed by atoms with Gasteiger partial charge in [0.25, 0.3) is 0 Å². The predicted molar refractivity (Wildman–Crippen MR) is 234 cm³/mol. The van der Waals surface area contributed by atoms with Crippen LogP contribution < -0.4 is 21.3 Å². The van der Waals surface area contributed by atoms with Crippen molar-refractivity contribution < 1.29 is 0 Å². The average Bonchev–Trinajstić information content (AvgIpc) is 3.22. The first-order valence-corrected chi connectivity index (χ1v) is 19.8. The Balaban J connectivity index is 1.01. The summed E-state index contributed by atoms with van der Waals surface area (Å²) in [6.07, 6.45) is 6.13. The van der Waals surface area contributed by atoms with Gasteiger partial charge in [0, 0.05) is 70.5 Å². The molecule has 8 aromatic carbocycles. The molecule has 0 fully saturated rings. The van der Waals surface area contributed by atoms with Gasteiger partial charge in [-0.15, -0.1) is 0 Å². The van der Waals surface area contributed by atoms with Crippen molar-refractivity contribution in [3.05, 3.63) is 168 Å². The lowest BCUT2D eigenvalue weighted by atomic mass is 9.93. The fourth-order valence-electron chi connectivity index (χ4n) is 8.48. The maximum Gasteiger partial charge on any atom is 0.0420 e. The van der Waals surface area contributed by atoms with E-state index in [4.69, 9.17) is 0 Å². The van der Waals surface area contributed by atoms with E-state index in [-0.39, 0.29) is 0 Å². The Morgan fingerprint density at radius 1 is 0.241 bits per heavy atom. The monoisotopic (exact) mass is 704 g/mol. The molecule has 4 heteroatoms. The second kappa shape index (κ2) is 15.5. The topological polar surface area (TPSA) is 48.1 Å². The molecule has 54 heavy (non-hydrogen) atoms. The molecule has 0 saturated heterocycles. The minimum Gasteiger partial charge on any atom is -0.385 e. The van der Waals surface area contributed by atoms with E-state index in [0.29, 0.717) is 0 Å². The van der Waals surface area contributed by atoms with E-state index in [1.54, 1.807) is 0 Å². The SMILES string of the molecule is c1ccc2c3ccc(c2c1)Cc1ccc(c2ccccc12)NCCCCNc1ccc(c2ccccc12)Cc1ccc(c2ccccc12)NCCCCN3. The smallest absolute Gasteiger partial charge is 0.0420 e. The molecule has 0 aromatic heterocycles. The van der Waals surface area contributed by atoms with Crippen LogP contribution in [0.3, 0.4) is 0 Å². The molecule has 0 spiro atoms. The van der Waals surface area contributed by atoms with Crippen LogP contribution in [-0.4, -0.2) is 26.2 Å². The third-order valence-electron chi connectivity index (χ3n) is 11.3. The Morgan fingerprint density at radius 2 is 0.463 bits per heavy atom. The largest absolute Gasteiger partial charge is 0.385 e. The highest BCUT2D eigenvalue weighted by Crippen LogP contribution is 2.34. The first kappa shape index (κ1) is 33.8. The van der Waals surface area contributed by atoms with Gasteiger partial charge in [-0.25, -0.2) is 0 Å². The Labute approximate surface area is 318 Å². The van der Waals surface area contributed by atoms with Crippen LogP contribution in [0.5, 0.6) is 0 Å². The van der Waals surface area contributed by atoms with Crippen molar-refractivity contribution >= 4 is 65.8 Å². The Morgan fingerprint density at radius 3 is 0.704 bits per heavy atom. The van der Waals surface area contributed by atoms with Gasteiger partial charge in [-0.2, -0.15) is 0 Å². The molecule has 0 atom stereocenters. The van der Waals surface area contributed by atoms with Crippen molar-refractivity contribution in [2.24, 2.45) is 0 Å². The summed E-state index contributed by atoms with van der Waals surface area (Å²) in [6, 6.07) is 53.9. The third kappa shape index (κ3) is 6.92. The number of rotatable bonds is 0. The van der Waals surface area contributed by atoms with Crippen molar-refractivity contribution in [3.63, 3.8) is 0 Å². The van der Waals surface area contributed by atoms with E-state index >= 15 is 0 Å². The quantitative estimate of drug-likeness (QED) is 0.127. The normalized spacial score (nSPS) is 14.5. The molecular weight excluding hydrogens is 657 g/mol. The lowest BCUT2D eigenvalue weighted by Gasteiger charge is -2.17. The van der Waals surface area contributed by atoms with Crippen LogP contribution in [0.25, 0.3) is 43.1 Å². The lowest BCUT2D eigenvalue weighted by Crippen LogP contribution is -2.08. The molecule has 0 aliphatic carbocycles. The fraction of sp³-hybridized carbons (Fsp3) is 0.200. The van der Waals surface area contributed by atoms with Crippen molar-refractivity contribution in [1.82, 2.24) is 0 Å². The number of nitrogens with one attached hydrogen (secondary N) is 4. The van der Waals surface area contributed by atoms with Gasteiger partial charge in [0.2, 0.25) is 0 Å². The molecule has 268 valence electrons. The Bertz CT molecular complexity index is 2230. The molecule has 0 saturated carbocycles. The summed E-state index contributed by atoms with van der Waals surface area (Å²) in [7, 11) is 0. The molecule has 8 aromatic rings. The molecule has 0 radical (unpaired) electrons.